The zero-order valence-electron chi connectivity index (χ0n) is 16.2. The van der Waals surface area contributed by atoms with Crippen LogP contribution in [0.4, 0.5) is 21.7 Å². The van der Waals surface area contributed by atoms with Crippen molar-refractivity contribution >= 4 is 23.2 Å². The summed E-state index contributed by atoms with van der Waals surface area (Å²) < 4.78 is 13.3. The number of rotatable bonds is 4. The fourth-order valence-electron chi connectivity index (χ4n) is 3.40. The maximum Gasteiger partial charge on any atom is 0.256 e. The van der Waals surface area contributed by atoms with Crippen molar-refractivity contribution in [2.24, 2.45) is 0 Å². The first kappa shape index (κ1) is 18.9. The first-order valence-electron chi connectivity index (χ1n) is 9.56. The highest BCUT2D eigenvalue weighted by atomic mass is 19.1. The average Bonchev–Trinajstić information content (AvgIpc) is 2.74. The minimum atomic E-state index is -0.455. The van der Waals surface area contributed by atoms with E-state index in [0.717, 1.165) is 32.0 Å². The number of aromatic nitrogens is 2. The molecule has 2 aromatic carbocycles. The van der Waals surface area contributed by atoms with Gasteiger partial charge in [0.25, 0.3) is 5.91 Å². The van der Waals surface area contributed by atoms with Crippen LogP contribution in [0.3, 0.4) is 0 Å². The van der Waals surface area contributed by atoms with Gasteiger partial charge in [0.1, 0.15) is 5.82 Å². The molecule has 148 valence electrons. The summed E-state index contributed by atoms with van der Waals surface area (Å²) >= 11 is 0. The van der Waals surface area contributed by atoms with Crippen LogP contribution < -0.4 is 15.1 Å². The average molecular weight is 391 g/mol. The number of nitrogens with zero attached hydrogens (tertiary/aromatic N) is 4. The van der Waals surface area contributed by atoms with Crippen molar-refractivity contribution in [3.8, 4) is 0 Å². The summed E-state index contributed by atoms with van der Waals surface area (Å²) in [6, 6.07) is 17.6. The maximum atomic E-state index is 13.3. The monoisotopic (exact) mass is 391 g/mol. The summed E-state index contributed by atoms with van der Waals surface area (Å²) in [5.41, 5.74) is 2.74. The van der Waals surface area contributed by atoms with E-state index in [1.807, 2.05) is 6.07 Å². The second-order valence-electron chi connectivity index (χ2n) is 7.05. The van der Waals surface area contributed by atoms with Crippen molar-refractivity contribution < 1.29 is 9.18 Å². The van der Waals surface area contributed by atoms with Crippen molar-refractivity contribution in [3.63, 3.8) is 0 Å². The molecule has 0 aliphatic carbocycles. The Morgan fingerprint density at radius 1 is 0.931 bits per heavy atom. The number of nitrogens with one attached hydrogen (secondary N) is 1. The second kappa shape index (κ2) is 8.26. The Balaban J connectivity index is 1.35. The summed E-state index contributed by atoms with van der Waals surface area (Å²) in [5.74, 6) is 0.237. The Hall–Kier alpha value is -3.48. The number of benzene rings is 2. The molecule has 1 amide bonds. The number of hydrogen-bond acceptors (Lipinski definition) is 5. The van der Waals surface area contributed by atoms with Gasteiger partial charge in [0.15, 0.2) is 11.6 Å². The third-order valence-electron chi connectivity index (χ3n) is 4.95. The minimum absolute atomic E-state index is 0.239. The smallest absolute Gasteiger partial charge is 0.256 e. The Kier molecular flexibility index (Phi) is 5.37. The van der Waals surface area contributed by atoms with Crippen molar-refractivity contribution in [3.05, 3.63) is 77.6 Å². The zero-order chi connectivity index (χ0) is 20.2. The number of anilines is 3. The topological polar surface area (TPSA) is 61.4 Å². The lowest BCUT2D eigenvalue weighted by molar-refractivity contribution is 0.102. The van der Waals surface area contributed by atoms with E-state index in [2.05, 4.69) is 56.5 Å². The molecule has 4 rings (SSSR count). The van der Waals surface area contributed by atoms with Gasteiger partial charge in [-0.05, 0) is 55.0 Å². The molecule has 2 heterocycles. The number of piperazine rings is 1. The summed E-state index contributed by atoms with van der Waals surface area (Å²) in [5, 5.41) is 11.0. The van der Waals surface area contributed by atoms with E-state index in [4.69, 9.17) is 0 Å². The van der Waals surface area contributed by atoms with E-state index in [-0.39, 0.29) is 5.56 Å². The van der Waals surface area contributed by atoms with E-state index < -0.39 is 11.7 Å². The van der Waals surface area contributed by atoms with Gasteiger partial charge in [0.2, 0.25) is 0 Å². The van der Waals surface area contributed by atoms with E-state index in [0.29, 0.717) is 5.82 Å². The van der Waals surface area contributed by atoms with Crippen LogP contribution in [0, 0.1) is 12.7 Å². The van der Waals surface area contributed by atoms with Crippen LogP contribution >= 0.6 is 0 Å². The van der Waals surface area contributed by atoms with Crippen LogP contribution in [-0.4, -0.2) is 42.3 Å². The molecule has 0 saturated carbocycles. The normalized spacial score (nSPS) is 14.0. The zero-order valence-corrected chi connectivity index (χ0v) is 16.2. The number of aryl methyl sites for hydroxylation is 1. The number of halogens is 1. The van der Waals surface area contributed by atoms with Gasteiger partial charge in [0, 0.05) is 37.4 Å². The fraction of sp³-hybridized carbons (Fsp3) is 0.227. The van der Waals surface area contributed by atoms with Gasteiger partial charge in [-0.1, -0.05) is 18.2 Å². The third kappa shape index (κ3) is 4.51. The van der Waals surface area contributed by atoms with E-state index in [1.54, 1.807) is 12.1 Å². The first-order valence-corrected chi connectivity index (χ1v) is 9.56. The standard InChI is InChI=1S/C22H22FN5O/c1-16-4-2-7-19(14-16)27-10-12-28(13-11-27)21-9-8-20(25-26-21)24-22(29)17-5-3-6-18(23)15-17/h2-9,14-15H,10-13H2,1H3,(H,24,25,29). The van der Waals surface area contributed by atoms with Gasteiger partial charge in [0.05, 0.1) is 0 Å². The molecule has 1 N–H and O–H groups in total. The predicted octanol–water partition coefficient (Wildman–Crippen LogP) is 3.50. The summed E-state index contributed by atoms with van der Waals surface area (Å²) in [6.45, 7) is 5.60. The van der Waals surface area contributed by atoms with Crippen LogP contribution in [0.5, 0.6) is 0 Å². The molecule has 1 saturated heterocycles. The molecule has 1 aromatic heterocycles. The Morgan fingerprint density at radius 2 is 1.69 bits per heavy atom. The number of carbonyl (C=O) groups is 1. The largest absolute Gasteiger partial charge is 0.368 e. The Morgan fingerprint density at radius 3 is 2.38 bits per heavy atom. The number of hydrogen-bond donors (Lipinski definition) is 1. The van der Waals surface area contributed by atoms with Crippen molar-refractivity contribution in [1.29, 1.82) is 0 Å². The maximum absolute atomic E-state index is 13.3. The molecule has 1 aliphatic heterocycles. The molecule has 0 spiro atoms. The van der Waals surface area contributed by atoms with Crippen LogP contribution in [0.25, 0.3) is 0 Å². The van der Waals surface area contributed by atoms with Crippen LogP contribution in [0.2, 0.25) is 0 Å². The third-order valence-corrected chi connectivity index (χ3v) is 4.95. The first-order chi connectivity index (χ1) is 14.1. The molecule has 0 unspecified atom stereocenters. The van der Waals surface area contributed by atoms with Crippen molar-refractivity contribution in [2.75, 3.05) is 41.3 Å². The SMILES string of the molecule is Cc1cccc(N2CCN(c3ccc(NC(=O)c4cccc(F)c4)nn3)CC2)c1. The summed E-state index contributed by atoms with van der Waals surface area (Å²) in [7, 11) is 0. The van der Waals surface area contributed by atoms with Gasteiger partial charge >= 0.3 is 0 Å². The fourth-order valence-corrected chi connectivity index (χ4v) is 3.40. The van der Waals surface area contributed by atoms with Crippen LogP contribution in [0.1, 0.15) is 15.9 Å². The molecule has 29 heavy (non-hydrogen) atoms. The van der Waals surface area contributed by atoms with Crippen molar-refractivity contribution in [2.45, 2.75) is 6.92 Å². The molecule has 6 nitrogen and oxygen atoms in total. The van der Waals surface area contributed by atoms with E-state index >= 15 is 0 Å². The lowest BCUT2D eigenvalue weighted by atomic mass is 10.2. The molecule has 0 bridgehead atoms. The van der Waals surface area contributed by atoms with Crippen LogP contribution in [0.15, 0.2) is 60.7 Å². The highest BCUT2D eigenvalue weighted by molar-refractivity contribution is 6.03. The molecule has 1 aliphatic rings. The highest BCUT2D eigenvalue weighted by Gasteiger charge is 2.19. The highest BCUT2D eigenvalue weighted by Crippen LogP contribution is 2.20. The number of amides is 1. The molecule has 7 heteroatoms. The van der Waals surface area contributed by atoms with Gasteiger partial charge in [-0.15, -0.1) is 10.2 Å². The number of carbonyl (C=O) groups excluding carboxylic acids is 1. The lowest BCUT2D eigenvalue weighted by Crippen LogP contribution is -2.46. The predicted molar refractivity (Wildman–Crippen MR) is 112 cm³/mol. The van der Waals surface area contributed by atoms with Gasteiger partial charge in [-0.3, -0.25) is 4.79 Å². The molecule has 1 fully saturated rings. The summed E-state index contributed by atoms with van der Waals surface area (Å²) in [6.07, 6.45) is 0. The van der Waals surface area contributed by atoms with E-state index in [1.165, 1.54) is 29.4 Å². The van der Waals surface area contributed by atoms with Crippen molar-refractivity contribution in [1.82, 2.24) is 10.2 Å². The van der Waals surface area contributed by atoms with Crippen LogP contribution in [-0.2, 0) is 0 Å². The summed E-state index contributed by atoms with van der Waals surface area (Å²) in [4.78, 5) is 16.7. The lowest BCUT2D eigenvalue weighted by Gasteiger charge is -2.36. The Bertz CT molecular complexity index is 1000. The molecule has 3 aromatic rings. The van der Waals surface area contributed by atoms with E-state index in [9.17, 15) is 9.18 Å². The second-order valence-corrected chi connectivity index (χ2v) is 7.05. The molecule has 0 radical (unpaired) electrons. The molecule has 0 atom stereocenters. The van der Waals surface area contributed by atoms with Gasteiger partial charge in [-0.25, -0.2) is 4.39 Å². The minimum Gasteiger partial charge on any atom is -0.368 e. The molecular weight excluding hydrogens is 369 g/mol. The quantitative estimate of drug-likeness (QED) is 0.738. The molecular formula is C22H22FN5O. The van der Waals surface area contributed by atoms with Gasteiger partial charge < -0.3 is 15.1 Å². The Labute approximate surface area is 169 Å². The van der Waals surface area contributed by atoms with Gasteiger partial charge in [-0.2, -0.15) is 0 Å².